The molecule has 6 heteroatoms. The Bertz CT molecular complexity index is 479. The Balaban J connectivity index is 2.77. The molecule has 19 heavy (non-hydrogen) atoms. The minimum atomic E-state index is -0.333. The summed E-state index contributed by atoms with van der Waals surface area (Å²) < 4.78 is 5.30. The maximum Gasteiger partial charge on any atom is 0.307 e. The van der Waals surface area contributed by atoms with Gasteiger partial charge in [-0.3, -0.25) is 9.59 Å². The van der Waals surface area contributed by atoms with Gasteiger partial charge in [0.2, 0.25) is 0 Å². The second kappa shape index (κ2) is 7.50. The summed E-state index contributed by atoms with van der Waals surface area (Å²) in [6.45, 7) is 2.70. The number of methoxy groups -OCH3 is 1. The molecule has 0 aliphatic rings. The van der Waals surface area contributed by atoms with Crippen molar-refractivity contribution in [1.29, 1.82) is 0 Å². The number of ether oxygens (including phenoxy) is 1. The first kappa shape index (κ1) is 16.0. The van der Waals surface area contributed by atoms with E-state index in [2.05, 4.69) is 20.7 Å². The van der Waals surface area contributed by atoms with E-state index < -0.39 is 0 Å². The van der Waals surface area contributed by atoms with Crippen LogP contribution in [-0.2, 0) is 9.53 Å². The predicted octanol–water partition coefficient (Wildman–Crippen LogP) is 3.13. The second-order valence-corrected chi connectivity index (χ2v) is 5.10. The molecule has 0 aliphatic carbocycles. The van der Waals surface area contributed by atoms with Gasteiger partial charge in [0, 0.05) is 23.1 Å². The van der Waals surface area contributed by atoms with Crippen molar-refractivity contribution in [2.24, 2.45) is 0 Å². The number of carbonyl (C=O) groups excluding carboxylic acids is 2. The summed E-state index contributed by atoms with van der Waals surface area (Å²) in [6, 6.07) is 5.03. The molecule has 0 spiro atoms. The van der Waals surface area contributed by atoms with Crippen molar-refractivity contribution in [3.63, 3.8) is 0 Å². The van der Waals surface area contributed by atoms with Gasteiger partial charge in [0.05, 0.1) is 18.6 Å². The normalized spacial score (nSPS) is 10.1. The van der Waals surface area contributed by atoms with E-state index in [0.717, 1.165) is 4.47 Å². The molecule has 0 saturated carbocycles. The van der Waals surface area contributed by atoms with Crippen molar-refractivity contribution in [3.8, 4) is 0 Å². The topological polar surface area (TPSA) is 46.6 Å². The van der Waals surface area contributed by atoms with Crippen LogP contribution in [0, 0.1) is 0 Å². The number of carbonyl (C=O) groups is 2. The van der Waals surface area contributed by atoms with E-state index in [9.17, 15) is 9.59 Å². The first-order valence-electron chi connectivity index (χ1n) is 5.80. The Labute approximate surface area is 125 Å². The summed E-state index contributed by atoms with van der Waals surface area (Å²) in [7, 11) is 1.33. The molecule has 0 fully saturated rings. The van der Waals surface area contributed by atoms with E-state index in [-0.39, 0.29) is 18.3 Å². The number of amides is 1. The zero-order valence-electron chi connectivity index (χ0n) is 10.8. The van der Waals surface area contributed by atoms with E-state index in [4.69, 9.17) is 11.6 Å². The van der Waals surface area contributed by atoms with Crippen LogP contribution in [-0.4, -0.2) is 37.0 Å². The van der Waals surface area contributed by atoms with E-state index in [1.54, 1.807) is 23.1 Å². The molecule has 0 bridgehead atoms. The smallest absolute Gasteiger partial charge is 0.307 e. The zero-order chi connectivity index (χ0) is 14.4. The average molecular weight is 349 g/mol. The molecule has 1 amide bonds. The van der Waals surface area contributed by atoms with Crippen molar-refractivity contribution in [2.75, 3.05) is 20.2 Å². The SMILES string of the molecule is CCN(CCC(=O)OC)C(=O)c1ccc(Br)c(Cl)c1. The highest BCUT2D eigenvalue weighted by Gasteiger charge is 2.16. The third-order valence-electron chi connectivity index (χ3n) is 2.65. The largest absolute Gasteiger partial charge is 0.469 e. The number of benzene rings is 1. The number of halogens is 2. The van der Waals surface area contributed by atoms with Gasteiger partial charge in [0.25, 0.3) is 5.91 Å². The summed E-state index contributed by atoms with van der Waals surface area (Å²) in [5, 5.41) is 0.481. The quantitative estimate of drug-likeness (QED) is 0.768. The molecule has 0 heterocycles. The van der Waals surface area contributed by atoms with Crippen LogP contribution < -0.4 is 0 Å². The minimum Gasteiger partial charge on any atom is -0.469 e. The van der Waals surface area contributed by atoms with Crippen molar-refractivity contribution in [1.82, 2.24) is 4.90 Å². The van der Waals surface area contributed by atoms with Gasteiger partial charge >= 0.3 is 5.97 Å². The number of rotatable bonds is 5. The fraction of sp³-hybridized carbons (Fsp3) is 0.385. The summed E-state index contributed by atoms with van der Waals surface area (Å²) >= 11 is 9.24. The summed E-state index contributed by atoms with van der Waals surface area (Å²) in [6.07, 6.45) is 0.181. The highest BCUT2D eigenvalue weighted by atomic mass is 79.9. The molecule has 0 radical (unpaired) electrons. The van der Waals surface area contributed by atoms with Gasteiger partial charge in [-0.15, -0.1) is 0 Å². The lowest BCUT2D eigenvalue weighted by Gasteiger charge is -2.20. The van der Waals surface area contributed by atoms with Crippen molar-refractivity contribution < 1.29 is 14.3 Å². The Morgan fingerprint density at radius 2 is 2.11 bits per heavy atom. The van der Waals surface area contributed by atoms with Crippen LogP contribution in [0.4, 0.5) is 0 Å². The predicted molar refractivity (Wildman–Crippen MR) is 77.4 cm³/mol. The Morgan fingerprint density at radius 1 is 1.42 bits per heavy atom. The monoisotopic (exact) mass is 347 g/mol. The van der Waals surface area contributed by atoms with E-state index in [1.807, 2.05) is 6.92 Å². The van der Waals surface area contributed by atoms with Crippen molar-refractivity contribution >= 4 is 39.4 Å². The van der Waals surface area contributed by atoms with Crippen LogP contribution in [0.5, 0.6) is 0 Å². The molecule has 0 N–H and O–H groups in total. The maximum atomic E-state index is 12.2. The molecule has 0 aliphatic heterocycles. The van der Waals surface area contributed by atoms with Gasteiger partial charge in [-0.1, -0.05) is 11.6 Å². The maximum absolute atomic E-state index is 12.2. The van der Waals surface area contributed by atoms with E-state index in [1.165, 1.54) is 7.11 Å². The van der Waals surface area contributed by atoms with Gasteiger partial charge < -0.3 is 9.64 Å². The molecular weight excluding hydrogens is 334 g/mol. The molecule has 0 aromatic heterocycles. The van der Waals surface area contributed by atoms with Crippen molar-refractivity contribution in [2.45, 2.75) is 13.3 Å². The Hall–Kier alpha value is -1.07. The van der Waals surface area contributed by atoms with Crippen LogP contribution >= 0.6 is 27.5 Å². The number of nitrogens with zero attached hydrogens (tertiary/aromatic N) is 1. The van der Waals surface area contributed by atoms with E-state index in [0.29, 0.717) is 23.7 Å². The fourth-order valence-corrected chi connectivity index (χ4v) is 1.97. The number of esters is 1. The average Bonchev–Trinajstić information content (AvgIpc) is 2.41. The van der Waals surface area contributed by atoms with Crippen LogP contribution in [0.3, 0.4) is 0 Å². The van der Waals surface area contributed by atoms with Crippen molar-refractivity contribution in [3.05, 3.63) is 33.3 Å². The van der Waals surface area contributed by atoms with Gasteiger partial charge in [-0.2, -0.15) is 0 Å². The highest BCUT2D eigenvalue weighted by Crippen LogP contribution is 2.23. The van der Waals surface area contributed by atoms with Gasteiger partial charge in [-0.25, -0.2) is 0 Å². The van der Waals surface area contributed by atoms with Crippen LogP contribution in [0.15, 0.2) is 22.7 Å². The minimum absolute atomic E-state index is 0.152. The highest BCUT2D eigenvalue weighted by molar-refractivity contribution is 9.10. The van der Waals surface area contributed by atoms with Crippen LogP contribution in [0.25, 0.3) is 0 Å². The number of hydrogen-bond acceptors (Lipinski definition) is 3. The third-order valence-corrected chi connectivity index (χ3v) is 3.88. The Kier molecular flexibility index (Phi) is 6.31. The van der Waals surface area contributed by atoms with Gasteiger partial charge in [0.15, 0.2) is 0 Å². The van der Waals surface area contributed by atoms with Gasteiger partial charge in [-0.05, 0) is 41.1 Å². The van der Waals surface area contributed by atoms with Crippen LogP contribution in [0.1, 0.15) is 23.7 Å². The fourth-order valence-electron chi connectivity index (χ4n) is 1.54. The lowest BCUT2D eigenvalue weighted by atomic mass is 10.2. The van der Waals surface area contributed by atoms with Gasteiger partial charge in [0.1, 0.15) is 0 Å². The lowest BCUT2D eigenvalue weighted by Crippen LogP contribution is -2.33. The molecule has 1 rings (SSSR count). The summed E-state index contributed by atoms with van der Waals surface area (Å²) in [5.41, 5.74) is 0.500. The molecular formula is C13H15BrClNO3. The molecule has 0 unspecified atom stereocenters. The third kappa shape index (κ3) is 4.51. The molecule has 1 aromatic carbocycles. The number of hydrogen-bond donors (Lipinski definition) is 0. The second-order valence-electron chi connectivity index (χ2n) is 3.84. The standard InChI is InChI=1S/C13H15BrClNO3/c1-3-16(7-6-12(17)19-2)13(18)9-4-5-10(14)11(15)8-9/h4-5,8H,3,6-7H2,1-2H3. The molecule has 1 aromatic rings. The van der Waals surface area contributed by atoms with Crippen LogP contribution in [0.2, 0.25) is 5.02 Å². The molecule has 0 saturated heterocycles. The van der Waals surface area contributed by atoms with E-state index >= 15 is 0 Å². The molecule has 4 nitrogen and oxygen atoms in total. The summed E-state index contributed by atoms with van der Waals surface area (Å²) in [4.78, 5) is 24.9. The molecule has 104 valence electrons. The first-order valence-corrected chi connectivity index (χ1v) is 6.97. The zero-order valence-corrected chi connectivity index (χ0v) is 13.1. The first-order chi connectivity index (χ1) is 8.99. The summed E-state index contributed by atoms with van der Waals surface area (Å²) in [5.74, 6) is -0.485. The lowest BCUT2D eigenvalue weighted by molar-refractivity contribution is -0.140. The Morgan fingerprint density at radius 3 is 2.63 bits per heavy atom. The molecule has 0 atom stereocenters.